The second-order valence-corrected chi connectivity index (χ2v) is 8.58. The number of halogens is 2. The summed E-state index contributed by atoms with van der Waals surface area (Å²) in [5.41, 5.74) is -2.67. The molecule has 2 aromatic rings. The van der Waals surface area contributed by atoms with Gasteiger partial charge < -0.3 is 14.9 Å². The van der Waals surface area contributed by atoms with Crippen molar-refractivity contribution >= 4 is 10.0 Å². The van der Waals surface area contributed by atoms with Crippen LogP contribution in [0.4, 0.5) is 8.78 Å². The van der Waals surface area contributed by atoms with Crippen LogP contribution in [-0.2, 0) is 10.0 Å². The van der Waals surface area contributed by atoms with Crippen molar-refractivity contribution < 1.29 is 32.1 Å². The third kappa shape index (κ3) is 3.84. The summed E-state index contributed by atoms with van der Waals surface area (Å²) < 4.78 is 59.4. The molecule has 0 aromatic heterocycles. The molecule has 11 heteroatoms. The molecule has 3 rings (SSSR count). The first-order valence-electron chi connectivity index (χ1n) is 8.54. The van der Waals surface area contributed by atoms with Gasteiger partial charge in [0.1, 0.15) is 46.1 Å². The Labute approximate surface area is 170 Å². The van der Waals surface area contributed by atoms with E-state index in [0.29, 0.717) is 0 Å². The summed E-state index contributed by atoms with van der Waals surface area (Å²) in [5, 5.41) is 38.2. The van der Waals surface area contributed by atoms with Gasteiger partial charge in [-0.25, -0.2) is 17.2 Å². The average Bonchev–Trinajstić information content (AvgIpc) is 3.05. The highest BCUT2D eigenvalue weighted by Crippen LogP contribution is 2.32. The molecule has 2 aromatic carbocycles. The Hall–Kier alpha value is -3.09. The van der Waals surface area contributed by atoms with Gasteiger partial charge in [-0.1, -0.05) is 0 Å². The van der Waals surface area contributed by atoms with Crippen LogP contribution in [-0.4, -0.2) is 54.3 Å². The van der Waals surface area contributed by atoms with Crippen LogP contribution in [0.5, 0.6) is 5.75 Å². The summed E-state index contributed by atoms with van der Waals surface area (Å²) in [6.45, 7) is -1.86. The van der Waals surface area contributed by atoms with Crippen molar-refractivity contribution in [1.29, 1.82) is 10.5 Å². The maximum atomic E-state index is 13.8. The van der Waals surface area contributed by atoms with E-state index < -0.39 is 63.5 Å². The Morgan fingerprint density at radius 2 is 1.87 bits per heavy atom. The van der Waals surface area contributed by atoms with Gasteiger partial charge in [0.15, 0.2) is 0 Å². The normalized spacial score (nSPS) is 21.7. The largest absolute Gasteiger partial charge is 0.486 e. The number of nitriles is 2. The van der Waals surface area contributed by atoms with Gasteiger partial charge in [0.05, 0.1) is 24.3 Å². The summed E-state index contributed by atoms with van der Waals surface area (Å²) in [4.78, 5) is -0.461. The van der Waals surface area contributed by atoms with Gasteiger partial charge in [-0.05, 0) is 30.3 Å². The minimum Gasteiger partial charge on any atom is -0.486 e. The van der Waals surface area contributed by atoms with E-state index in [-0.39, 0.29) is 11.3 Å². The van der Waals surface area contributed by atoms with Gasteiger partial charge >= 0.3 is 0 Å². The lowest BCUT2D eigenvalue weighted by atomic mass is 10.0. The van der Waals surface area contributed by atoms with Crippen molar-refractivity contribution in [2.45, 2.75) is 16.6 Å². The van der Waals surface area contributed by atoms with Gasteiger partial charge in [-0.15, -0.1) is 0 Å². The summed E-state index contributed by atoms with van der Waals surface area (Å²) in [6.07, 6.45) is -1.28. The molecule has 0 amide bonds. The van der Waals surface area contributed by atoms with Crippen molar-refractivity contribution in [3.05, 3.63) is 59.2 Å². The molecule has 2 N–H and O–H groups in total. The Morgan fingerprint density at radius 1 is 1.17 bits per heavy atom. The molecule has 0 radical (unpaired) electrons. The standard InChI is InChI=1S/C19H15F2N3O5S/c20-14-2-4-17(13(5-14)8-23)30(27,28)24-9-18(19(26,10-24)11-25)29-15-3-1-12(7-22)16(21)6-15/h1-6,18,25-26H,9-11H2/t18-,19-/m0/s1. The first kappa shape index (κ1) is 21.6. The zero-order valence-electron chi connectivity index (χ0n) is 15.3. The molecule has 0 bridgehead atoms. The molecule has 0 aliphatic carbocycles. The van der Waals surface area contributed by atoms with Crippen LogP contribution in [0.15, 0.2) is 41.3 Å². The van der Waals surface area contributed by atoms with E-state index in [2.05, 4.69) is 0 Å². The van der Waals surface area contributed by atoms with Gasteiger partial charge in [-0.3, -0.25) is 0 Å². The third-order valence-electron chi connectivity index (χ3n) is 4.71. The predicted molar refractivity (Wildman–Crippen MR) is 97.4 cm³/mol. The minimum atomic E-state index is -4.35. The SMILES string of the molecule is N#Cc1ccc(O[C@H]2CN(S(=O)(=O)c3ccc(F)cc3C#N)C[C@]2(O)CO)cc1F. The van der Waals surface area contributed by atoms with E-state index >= 15 is 0 Å². The third-order valence-corrected chi connectivity index (χ3v) is 6.58. The smallest absolute Gasteiger partial charge is 0.244 e. The lowest BCUT2D eigenvalue weighted by Gasteiger charge is -2.27. The molecule has 0 unspecified atom stereocenters. The van der Waals surface area contributed by atoms with Crippen LogP contribution < -0.4 is 4.74 Å². The molecule has 1 fully saturated rings. The van der Waals surface area contributed by atoms with Crippen molar-refractivity contribution in [3.8, 4) is 17.9 Å². The molecule has 1 aliphatic rings. The van der Waals surface area contributed by atoms with E-state index in [0.717, 1.165) is 34.6 Å². The number of aliphatic hydroxyl groups is 2. The fourth-order valence-corrected chi connectivity index (χ4v) is 4.71. The summed E-state index contributed by atoms with van der Waals surface area (Å²) in [5.74, 6) is -1.74. The number of hydrogen-bond acceptors (Lipinski definition) is 7. The van der Waals surface area contributed by atoms with Crippen molar-refractivity contribution in [2.24, 2.45) is 0 Å². The summed E-state index contributed by atoms with van der Waals surface area (Å²) in [6, 6.07) is 9.18. The molecule has 8 nitrogen and oxygen atoms in total. The van der Waals surface area contributed by atoms with Crippen molar-refractivity contribution in [2.75, 3.05) is 19.7 Å². The monoisotopic (exact) mass is 435 g/mol. The molecule has 0 saturated carbocycles. The molecule has 1 heterocycles. The lowest BCUT2D eigenvalue weighted by molar-refractivity contribution is -0.0641. The number of β-amino-alcohol motifs (C(OH)–C–C–N with tert-alkyl or cyclic N) is 1. The minimum absolute atomic E-state index is 0.0814. The van der Waals surface area contributed by atoms with Crippen LogP contribution in [0, 0.1) is 34.3 Å². The topological polar surface area (TPSA) is 135 Å². The number of nitrogens with zero attached hydrogens (tertiary/aromatic N) is 3. The van der Waals surface area contributed by atoms with Gasteiger partial charge in [-0.2, -0.15) is 14.8 Å². The van der Waals surface area contributed by atoms with Crippen LogP contribution >= 0.6 is 0 Å². The fraction of sp³-hybridized carbons (Fsp3) is 0.263. The molecule has 30 heavy (non-hydrogen) atoms. The zero-order valence-corrected chi connectivity index (χ0v) is 16.1. The number of sulfonamides is 1. The van der Waals surface area contributed by atoms with Gasteiger partial charge in [0.2, 0.25) is 10.0 Å². The number of ether oxygens (including phenoxy) is 1. The van der Waals surface area contributed by atoms with Gasteiger partial charge in [0.25, 0.3) is 0 Å². The highest BCUT2D eigenvalue weighted by Gasteiger charge is 2.51. The molecule has 2 atom stereocenters. The number of benzene rings is 2. The van der Waals surface area contributed by atoms with Crippen LogP contribution in [0.3, 0.4) is 0 Å². The van der Waals surface area contributed by atoms with Crippen LogP contribution in [0.2, 0.25) is 0 Å². The van der Waals surface area contributed by atoms with Crippen LogP contribution in [0.25, 0.3) is 0 Å². The summed E-state index contributed by atoms with van der Waals surface area (Å²) >= 11 is 0. The quantitative estimate of drug-likeness (QED) is 0.712. The van der Waals surface area contributed by atoms with Crippen molar-refractivity contribution in [3.63, 3.8) is 0 Å². The second-order valence-electron chi connectivity index (χ2n) is 6.67. The van der Waals surface area contributed by atoms with Crippen LogP contribution in [0.1, 0.15) is 11.1 Å². The average molecular weight is 435 g/mol. The molecule has 0 spiro atoms. The first-order valence-corrected chi connectivity index (χ1v) is 9.98. The molecule has 1 aliphatic heterocycles. The van der Waals surface area contributed by atoms with E-state index in [4.69, 9.17) is 15.3 Å². The fourth-order valence-electron chi connectivity index (χ4n) is 3.09. The molecule has 1 saturated heterocycles. The highest BCUT2D eigenvalue weighted by atomic mass is 32.2. The van der Waals surface area contributed by atoms with E-state index in [1.54, 1.807) is 12.1 Å². The second kappa shape index (κ2) is 7.97. The van der Waals surface area contributed by atoms with E-state index in [1.807, 2.05) is 0 Å². The van der Waals surface area contributed by atoms with E-state index in [9.17, 15) is 27.4 Å². The van der Waals surface area contributed by atoms with Crippen molar-refractivity contribution in [1.82, 2.24) is 4.31 Å². The number of hydrogen-bond donors (Lipinski definition) is 2. The maximum Gasteiger partial charge on any atom is 0.244 e. The Kier molecular flexibility index (Phi) is 5.74. The molecular weight excluding hydrogens is 420 g/mol. The highest BCUT2D eigenvalue weighted by molar-refractivity contribution is 7.89. The summed E-state index contributed by atoms with van der Waals surface area (Å²) in [7, 11) is -4.35. The number of aliphatic hydroxyl groups excluding tert-OH is 1. The lowest BCUT2D eigenvalue weighted by Crippen LogP contribution is -2.48. The molecule has 156 valence electrons. The maximum absolute atomic E-state index is 13.8. The first-order chi connectivity index (χ1) is 14.1. The number of rotatable bonds is 5. The molecular formula is C19H15F2N3O5S. The van der Waals surface area contributed by atoms with E-state index in [1.165, 1.54) is 6.07 Å². The Bertz CT molecular complexity index is 1180. The zero-order chi connectivity index (χ0) is 22.1. The predicted octanol–water partition coefficient (Wildman–Crippen LogP) is 0.883. The Balaban J connectivity index is 1.92. The Morgan fingerprint density at radius 3 is 2.47 bits per heavy atom. The van der Waals surface area contributed by atoms with Gasteiger partial charge in [0, 0.05) is 12.6 Å².